The van der Waals surface area contributed by atoms with Gasteiger partial charge in [-0.2, -0.15) is 5.26 Å². The molecule has 0 unspecified atom stereocenters. The molecular weight excluding hydrogens is 224 g/mol. The Balaban J connectivity index is 2.18. The van der Waals surface area contributed by atoms with Crippen LogP contribution in [0.1, 0.15) is 26.7 Å². The molecule has 0 saturated carbocycles. The molecule has 3 heteroatoms. The molecule has 3 nitrogen and oxygen atoms in total. The molecule has 94 valence electrons. The molecule has 0 radical (unpaired) electrons. The molecular formula is C15H18N2O. The van der Waals surface area contributed by atoms with Crippen LogP contribution >= 0.6 is 0 Å². The molecule has 0 saturated heterocycles. The van der Waals surface area contributed by atoms with Crippen molar-refractivity contribution in [2.45, 2.75) is 39.3 Å². The molecule has 0 aliphatic rings. The molecule has 1 aromatic heterocycles. The van der Waals surface area contributed by atoms with Crippen molar-refractivity contribution in [1.82, 2.24) is 4.57 Å². The lowest BCUT2D eigenvalue weighted by atomic mass is 10.2. The van der Waals surface area contributed by atoms with Crippen molar-refractivity contribution < 1.29 is 4.74 Å². The minimum Gasteiger partial charge on any atom is -0.491 e. The number of fused-ring (bicyclic) bond motifs is 1. The Morgan fingerprint density at radius 2 is 2.17 bits per heavy atom. The number of aryl methyl sites for hydroxylation is 1. The van der Waals surface area contributed by atoms with E-state index in [-0.39, 0.29) is 6.10 Å². The summed E-state index contributed by atoms with van der Waals surface area (Å²) in [5.41, 5.74) is 1.20. The zero-order chi connectivity index (χ0) is 13.0. The first-order chi connectivity index (χ1) is 8.70. The Kier molecular flexibility index (Phi) is 3.88. The predicted molar refractivity (Wildman–Crippen MR) is 72.5 cm³/mol. The van der Waals surface area contributed by atoms with Crippen LogP contribution in [0, 0.1) is 11.3 Å². The van der Waals surface area contributed by atoms with E-state index in [2.05, 4.69) is 35.0 Å². The van der Waals surface area contributed by atoms with E-state index < -0.39 is 0 Å². The zero-order valence-corrected chi connectivity index (χ0v) is 10.9. The zero-order valence-electron chi connectivity index (χ0n) is 10.9. The van der Waals surface area contributed by atoms with Gasteiger partial charge >= 0.3 is 0 Å². The molecule has 0 atom stereocenters. The molecule has 0 spiro atoms. The molecule has 1 heterocycles. The largest absolute Gasteiger partial charge is 0.491 e. The summed E-state index contributed by atoms with van der Waals surface area (Å²) < 4.78 is 7.86. The highest BCUT2D eigenvalue weighted by molar-refractivity contribution is 5.81. The smallest absolute Gasteiger partial charge is 0.120 e. The highest BCUT2D eigenvalue weighted by Crippen LogP contribution is 2.23. The van der Waals surface area contributed by atoms with Gasteiger partial charge in [0.15, 0.2) is 0 Å². The van der Waals surface area contributed by atoms with Crippen molar-refractivity contribution in [3.05, 3.63) is 30.5 Å². The fraction of sp³-hybridized carbons (Fsp3) is 0.400. The first-order valence-electron chi connectivity index (χ1n) is 6.33. The maximum Gasteiger partial charge on any atom is 0.120 e. The molecule has 0 N–H and O–H groups in total. The van der Waals surface area contributed by atoms with Crippen LogP contribution in [0.15, 0.2) is 30.5 Å². The molecule has 0 amide bonds. The van der Waals surface area contributed by atoms with E-state index in [0.29, 0.717) is 6.42 Å². The maximum absolute atomic E-state index is 8.55. The van der Waals surface area contributed by atoms with Crippen molar-refractivity contribution in [2.24, 2.45) is 0 Å². The normalized spacial score (nSPS) is 10.8. The van der Waals surface area contributed by atoms with Crippen LogP contribution in [0.4, 0.5) is 0 Å². The summed E-state index contributed by atoms with van der Waals surface area (Å²) in [6.45, 7) is 4.94. The second kappa shape index (κ2) is 5.59. The van der Waals surface area contributed by atoms with E-state index in [1.807, 2.05) is 19.9 Å². The van der Waals surface area contributed by atoms with Gasteiger partial charge in [0, 0.05) is 30.1 Å². The number of unbranched alkanes of at least 4 members (excludes halogenated alkanes) is 1. The van der Waals surface area contributed by atoms with Crippen molar-refractivity contribution in [3.8, 4) is 11.8 Å². The van der Waals surface area contributed by atoms with E-state index in [1.165, 1.54) is 10.9 Å². The van der Waals surface area contributed by atoms with Gasteiger partial charge in [0.05, 0.1) is 12.2 Å². The highest BCUT2D eigenvalue weighted by Gasteiger charge is 2.03. The molecule has 18 heavy (non-hydrogen) atoms. The average molecular weight is 242 g/mol. The van der Waals surface area contributed by atoms with Gasteiger partial charge in [-0.3, -0.25) is 0 Å². The second-order valence-corrected chi connectivity index (χ2v) is 4.66. The van der Waals surface area contributed by atoms with E-state index in [1.54, 1.807) is 0 Å². The molecule has 2 aromatic rings. The fourth-order valence-electron chi connectivity index (χ4n) is 2.05. The Morgan fingerprint density at radius 1 is 1.33 bits per heavy atom. The average Bonchev–Trinajstić information content (AvgIpc) is 2.71. The Labute approximate surface area is 108 Å². The third-order valence-corrected chi connectivity index (χ3v) is 2.80. The predicted octanol–water partition coefficient (Wildman–Crippen LogP) is 3.73. The van der Waals surface area contributed by atoms with Gasteiger partial charge in [0.25, 0.3) is 0 Å². The monoisotopic (exact) mass is 242 g/mol. The molecule has 1 aromatic carbocycles. The SMILES string of the molecule is CC(C)Oc1ccc2c(ccn2CCCC#N)c1. The topological polar surface area (TPSA) is 38.0 Å². The molecule has 2 rings (SSSR count). The molecule has 0 fully saturated rings. The van der Waals surface area contributed by atoms with Gasteiger partial charge in [0.2, 0.25) is 0 Å². The van der Waals surface area contributed by atoms with Gasteiger partial charge in [0.1, 0.15) is 5.75 Å². The molecule has 0 bridgehead atoms. The lowest BCUT2D eigenvalue weighted by molar-refractivity contribution is 0.243. The lowest BCUT2D eigenvalue weighted by Crippen LogP contribution is -2.05. The summed E-state index contributed by atoms with van der Waals surface area (Å²) in [6.07, 6.45) is 3.76. The molecule has 0 aliphatic carbocycles. The third-order valence-electron chi connectivity index (χ3n) is 2.80. The van der Waals surface area contributed by atoms with Crippen LogP contribution in [-0.4, -0.2) is 10.7 Å². The molecule has 0 aliphatic heterocycles. The summed E-state index contributed by atoms with van der Waals surface area (Å²) in [4.78, 5) is 0. The lowest BCUT2D eigenvalue weighted by Gasteiger charge is -2.10. The Morgan fingerprint density at radius 3 is 2.89 bits per heavy atom. The summed E-state index contributed by atoms with van der Waals surface area (Å²) in [5, 5.41) is 9.74. The van der Waals surface area contributed by atoms with Gasteiger partial charge in [-0.1, -0.05) is 0 Å². The van der Waals surface area contributed by atoms with Crippen molar-refractivity contribution in [2.75, 3.05) is 0 Å². The standard InChI is InChI=1S/C15H18N2O/c1-12(2)18-14-5-6-15-13(11-14)7-10-17(15)9-4-3-8-16/h5-7,10-12H,3-4,9H2,1-2H3. The van der Waals surface area contributed by atoms with Crippen LogP contribution in [0.3, 0.4) is 0 Å². The van der Waals surface area contributed by atoms with Gasteiger partial charge < -0.3 is 9.30 Å². The number of benzene rings is 1. The summed E-state index contributed by atoms with van der Waals surface area (Å²) >= 11 is 0. The van der Waals surface area contributed by atoms with E-state index in [9.17, 15) is 0 Å². The summed E-state index contributed by atoms with van der Waals surface area (Å²) in [7, 11) is 0. The Bertz CT molecular complexity index is 563. The van der Waals surface area contributed by atoms with Gasteiger partial charge in [-0.15, -0.1) is 0 Å². The quantitative estimate of drug-likeness (QED) is 0.749. The number of nitriles is 1. The van der Waals surface area contributed by atoms with E-state index >= 15 is 0 Å². The van der Waals surface area contributed by atoms with E-state index in [4.69, 9.17) is 10.00 Å². The van der Waals surface area contributed by atoms with E-state index in [0.717, 1.165) is 18.7 Å². The number of hydrogen-bond donors (Lipinski definition) is 0. The van der Waals surface area contributed by atoms with Crippen LogP contribution in [0.2, 0.25) is 0 Å². The fourth-order valence-corrected chi connectivity index (χ4v) is 2.05. The number of rotatable bonds is 5. The van der Waals surface area contributed by atoms with Crippen molar-refractivity contribution in [3.63, 3.8) is 0 Å². The van der Waals surface area contributed by atoms with Crippen LogP contribution in [0.25, 0.3) is 10.9 Å². The summed E-state index contributed by atoms with van der Waals surface area (Å²) in [5.74, 6) is 0.910. The van der Waals surface area contributed by atoms with Crippen LogP contribution < -0.4 is 4.74 Å². The van der Waals surface area contributed by atoms with Gasteiger partial charge in [-0.25, -0.2) is 0 Å². The maximum atomic E-state index is 8.55. The van der Waals surface area contributed by atoms with Gasteiger partial charge in [-0.05, 0) is 44.5 Å². The van der Waals surface area contributed by atoms with Crippen LogP contribution in [-0.2, 0) is 6.54 Å². The number of hydrogen-bond acceptors (Lipinski definition) is 2. The third kappa shape index (κ3) is 2.84. The second-order valence-electron chi connectivity index (χ2n) is 4.66. The minimum absolute atomic E-state index is 0.195. The van der Waals surface area contributed by atoms with Crippen LogP contribution in [0.5, 0.6) is 5.75 Å². The summed E-state index contributed by atoms with van der Waals surface area (Å²) in [6, 6.07) is 10.4. The van der Waals surface area contributed by atoms with Crippen molar-refractivity contribution >= 4 is 10.9 Å². The number of ether oxygens (including phenoxy) is 1. The number of aromatic nitrogens is 1. The highest BCUT2D eigenvalue weighted by atomic mass is 16.5. The Hall–Kier alpha value is -1.95. The van der Waals surface area contributed by atoms with Crippen molar-refractivity contribution in [1.29, 1.82) is 5.26 Å². The first-order valence-corrected chi connectivity index (χ1v) is 6.33. The first kappa shape index (κ1) is 12.5. The minimum atomic E-state index is 0.195. The number of nitrogens with zero attached hydrogens (tertiary/aromatic N) is 2.